The van der Waals surface area contributed by atoms with Gasteiger partial charge in [0.2, 0.25) is 0 Å². The molecule has 0 aromatic heterocycles. The lowest BCUT2D eigenvalue weighted by atomic mass is 10.0. The number of benzene rings is 2. The van der Waals surface area contributed by atoms with Gasteiger partial charge in [-0.25, -0.2) is 0 Å². The minimum atomic E-state index is -0.523. The summed E-state index contributed by atoms with van der Waals surface area (Å²) in [6, 6.07) is 19.4. The zero-order valence-electron chi connectivity index (χ0n) is 13.2. The van der Waals surface area contributed by atoms with Gasteiger partial charge in [0.15, 0.2) is 12.6 Å². The normalized spacial score (nSPS) is 33.0. The van der Waals surface area contributed by atoms with Gasteiger partial charge in [-0.3, -0.25) is 0 Å². The number of hydrogen-bond donors (Lipinski definition) is 1. The summed E-state index contributed by atoms with van der Waals surface area (Å²) in [7, 11) is 0. The number of aliphatic hydroxyl groups excluding tert-OH is 1. The van der Waals surface area contributed by atoms with E-state index in [1.807, 2.05) is 60.7 Å². The first kappa shape index (κ1) is 15.7. The molecular formula is C19H20O5. The van der Waals surface area contributed by atoms with Crippen molar-refractivity contribution in [2.75, 3.05) is 13.2 Å². The van der Waals surface area contributed by atoms with E-state index in [1.54, 1.807) is 0 Å². The van der Waals surface area contributed by atoms with Gasteiger partial charge < -0.3 is 24.1 Å². The van der Waals surface area contributed by atoms with Crippen LogP contribution >= 0.6 is 0 Å². The first-order valence-corrected chi connectivity index (χ1v) is 8.14. The predicted octanol–water partition coefficient (Wildman–Crippen LogP) is 2.58. The zero-order chi connectivity index (χ0) is 16.4. The Hall–Kier alpha value is -1.76. The average molecular weight is 328 g/mol. The Labute approximate surface area is 140 Å². The maximum absolute atomic E-state index is 9.75. The highest BCUT2D eigenvalue weighted by Gasteiger charge is 2.45. The van der Waals surface area contributed by atoms with Crippen molar-refractivity contribution in [2.24, 2.45) is 0 Å². The first-order valence-electron chi connectivity index (χ1n) is 8.14. The van der Waals surface area contributed by atoms with E-state index < -0.39 is 18.7 Å². The Bertz CT molecular complexity index is 639. The minimum Gasteiger partial charge on any atom is -0.394 e. The molecule has 2 aliphatic rings. The molecule has 2 fully saturated rings. The quantitative estimate of drug-likeness (QED) is 0.938. The van der Waals surface area contributed by atoms with E-state index >= 15 is 0 Å². The zero-order valence-corrected chi connectivity index (χ0v) is 13.2. The molecule has 0 unspecified atom stereocenters. The van der Waals surface area contributed by atoms with E-state index in [0.717, 1.165) is 11.1 Å². The number of rotatable bonds is 3. The van der Waals surface area contributed by atoms with Gasteiger partial charge in [-0.1, -0.05) is 60.7 Å². The summed E-state index contributed by atoms with van der Waals surface area (Å²) in [5.74, 6) is 0. The Morgan fingerprint density at radius 1 is 0.792 bits per heavy atom. The van der Waals surface area contributed by atoms with Gasteiger partial charge in [0.25, 0.3) is 0 Å². The van der Waals surface area contributed by atoms with Crippen LogP contribution in [0.1, 0.15) is 23.7 Å². The summed E-state index contributed by atoms with van der Waals surface area (Å²) >= 11 is 0. The van der Waals surface area contributed by atoms with Crippen molar-refractivity contribution < 1.29 is 24.1 Å². The predicted molar refractivity (Wildman–Crippen MR) is 86.0 cm³/mol. The standard InChI is InChI=1S/C19H20O5/c20-11-15-17-16(23-19(22-15)14-9-5-2-6-10-14)12-21-18(24-17)13-7-3-1-4-8-13/h1-10,15-20H,11-12H2/t15-,16-,17-,18-,19-/m0/s1. The summed E-state index contributed by atoms with van der Waals surface area (Å²) < 4.78 is 23.8. The molecule has 0 spiro atoms. The summed E-state index contributed by atoms with van der Waals surface area (Å²) in [6.07, 6.45) is -2.09. The lowest BCUT2D eigenvalue weighted by Crippen LogP contribution is -2.55. The van der Waals surface area contributed by atoms with Crippen LogP contribution in [-0.4, -0.2) is 36.6 Å². The summed E-state index contributed by atoms with van der Waals surface area (Å²) in [6.45, 7) is 0.267. The molecule has 2 aliphatic heterocycles. The van der Waals surface area contributed by atoms with Crippen LogP contribution < -0.4 is 0 Å². The molecule has 2 heterocycles. The fraction of sp³-hybridized carbons (Fsp3) is 0.368. The topological polar surface area (TPSA) is 57.2 Å². The molecule has 5 atom stereocenters. The van der Waals surface area contributed by atoms with Gasteiger partial charge in [-0.15, -0.1) is 0 Å². The molecule has 4 rings (SSSR count). The van der Waals surface area contributed by atoms with Crippen molar-refractivity contribution in [1.82, 2.24) is 0 Å². The van der Waals surface area contributed by atoms with Crippen molar-refractivity contribution in [2.45, 2.75) is 30.9 Å². The molecular weight excluding hydrogens is 308 g/mol. The highest BCUT2D eigenvalue weighted by molar-refractivity contribution is 5.18. The second kappa shape index (κ2) is 7.01. The van der Waals surface area contributed by atoms with Gasteiger partial charge in [0.1, 0.15) is 18.3 Å². The third-order valence-electron chi connectivity index (χ3n) is 4.35. The summed E-state index contributed by atoms with van der Waals surface area (Å²) in [5.41, 5.74) is 1.86. The molecule has 5 heteroatoms. The highest BCUT2D eigenvalue weighted by atomic mass is 16.8. The molecule has 0 saturated carbocycles. The lowest BCUT2D eigenvalue weighted by Gasteiger charge is -2.45. The van der Waals surface area contributed by atoms with Crippen molar-refractivity contribution in [3.63, 3.8) is 0 Å². The SMILES string of the molecule is OC[C@@H]1O[C@H](c2ccccc2)O[C@H]2CO[C@H](c3ccccc3)O[C@@H]12. The van der Waals surface area contributed by atoms with Crippen molar-refractivity contribution in [3.8, 4) is 0 Å². The number of aliphatic hydroxyl groups is 1. The molecule has 0 bridgehead atoms. The molecule has 0 amide bonds. The van der Waals surface area contributed by atoms with Crippen LogP contribution in [0.5, 0.6) is 0 Å². The van der Waals surface area contributed by atoms with E-state index in [1.165, 1.54) is 0 Å². The monoisotopic (exact) mass is 328 g/mol. The van der Waals surface area contributed by atoms with E-state index in [0.29, 0.717) is 6.61 Å². The van der Waals surface area contributed by atoms with E-state index in [-0.39, 0.29) is 18.8 Å². The van der Waals surface area contributed by atoms with Crippen molar-refractivity contribution in [3.05, 3.63) is 71.8 Å². The van der Waals surface area contributed by atoms with Gasteiger partial charge >= 0.3 is 0 Å². The Morgan fingerprint density at radius 3 is 2.04 bits per heavy atom. The molecule has 2 aromatic carbocycles. The van der Waals surface area contributed by atoms with E-state index in [4.69, 9.17) is 18.9 Å². The number of hydrogen-bond acceptors (Lipinski definition) is 5. The molecule has 126 valence electrons. The average Bonchev–Trinajstić information content (AvgIpc) is 2.68. The van der Waals surface area contributed by atoms with E-state index in [2.05, 4.69) is 0 Å². The van der Waals surface area contributed by atoms with Crippen LogP contribution in [0.2, 0.25) is 0 Å². The molecule has 1 N–H and O–H groups in total. The van der Waals surface area contributed by atoms with Gasteiger partial charge in [0, 0.05) is 11.1 Å². The van der Waals surface area contributed by atoms with Crippen LogP contribution in [0.15, 0.2) is 60.7 Å². The molecule has 0 radical (unpaired) electrons. The fourth-order valence-electron chi connectivity index (χ4n) is 3.12. The lowest BCUT2D eigenvalue weighted by molar-refractivity contribution is -0.366. The van der Waals surface area contributed by atoms with Crippen molar-refractivity contribution in [1.29, 1.82) is 0 Å². The van der Waals surface area contributed by atoms with Gasteiger partial charge in [-0.2, -0.15) is 0 Å². The minimum absolute atomic E-state index is 0.130. The van der Waals surface area contributed by atoms with Crippen molar-refractivity contribution >= 4 is 0 Å². The largest absolute Gasteiger partial charge is 0.394 e. The summed E-state index contributed by atoms with van der Waals surface area (Å²) in [4.78, 5) is 0. The second-order valence-electron chi connectivity index (χ2n) is 5.95. The number of fused-ring (bicyclic) bond motifs is 1. The van der Waals surface area contributed by atoms with Gasteiger partial charge in [0.05, 0.1) is 13.2 Å². The van der Waals surface area contributed by atoms with Crippen LogP contribution in [-0.2, 0) is 18.9 Å². The van der Waals surface area contributed by atoms with Crippen LogP contribution in [0, 0.1) is 0 Å². The molecule has 2 saturated heterocycles. The molecule has 0 aliphatic carbocycles. The maximum atomic E-state index is 9.75. The van der Waals surface area contributed by atoms with Crippen LogP contribution in [0.3, 0.4) is 0 Å². The Morgan fingerprint density at radius 2 is 1.42 bits per heavy atom. The van der Waals surface area contributed by atoms with Gasteiger partial charge in [-0.05, 0) is 0 Å². The second-order valence-corrected chi connectivity index (χ2v) is 5.95. The van der Waals surface area contributed by atoms with E-state index in [9.17, 15) is 5.11 Å². The maximum Gasteiger partial charge on any atom is 0.184 e. The molecule has 2 aromatic rings. The summed E-state index contributed by atoms with van der Waals surface area (Å²) in [5, 5.41) is 9.75. The number of ether oxygens (including phenoxy) is 4. The smallest absolute Gasteiger partial charge is 0.184 e. The fourth-order valence-corrected chi connectivity index (χ4v) is 3.12. The molecule has 5 nitrogen and oxygen atoms in total. The molecule has 24 heavy (non-hydrogen) atoms. The third kappa shape index (κ3) is 3.09. The van der Waals surface area contributed by atoms with Crippen LogP contribution in [0.4, 0.5) is 0 Å². The Kier molecular flexibility index (Phi) is 4.60. The Balaban J connectivity index is 1.51. The third-order valence-corrected chi connectivity index (χ3v) is 4.35. The van der Waals surface area contributed by atoms with Crippen LogP contribution in [0.25, 0.3) is 0 Å². The highest BCUT2D eigenvalue weighted by Crippen LogP contribution is 2.37. The first-order chi connectivity index (χ1) is 11.8.